The normalized spacial score (nSPS) is 15.5. The van der Waals surface area contributed by atoms with E-state index >= 15 is 0 Å². The molecule has 72 heavy (non-hydrogen) atoms. The van der Waals surface area contributed by atoms with Crippen LogP contribution in [-0.2, 0) is 71.5 Å². The second kappa shape index (κ2) is 18.1. The van der Waals surface area contributed by atoms with Crippen molar-refractivity contribution >= 4 is 105 Å². The van der Waals surface area contributed by atoms with Crippen molar-refractivity contribution in [2.45, 2.75) is 67.9 Å². The van der Waals surface area contributed by atoms with E-state index in [2.05, 4.69) is 11.9 Å². The number of nitrogens with one attached hydrogen (secondary N) is 1. The average molecular weight is 1100 g/mol. The van der Waals surface area contributed by atoms with Crippen LogP contribution in [0.25, 0.3) is 21.5 Å². The Bertz CT molecular complexity index is 4140. The summed E-state index contributed by atoms with van der Waals surface area (Å²) in [5.74, 6) is 0. The first-order chi connectivity index (χ1) is 32.9. The number of nitrogens with zero attached hydrogens (tertiary/aromatic N) is 1. The standard InChI is InChI=1S/C46H42N2O18S6/c1-27(45(2,3)43-34-19-17-32(69(55,56)57)23-36(34)40(71(61,62)63)25-38(43)47-28-12-9-14-30(21-28)67(49,50)51)11-7-6-8-16-42-46(4,5)44-35-20-18-33(70(58,59)60)24-37(35)41(72(64,65)66)26-39(44)48(42)29-13-10-15-31(22-29)68(52,53)54/h6-26,47H,1H2,2-5H3,(H,49,50,51)(H,52,53,54)(H,55,56,57)(H,58,59,60)(H,61,62,63)(H,64,65,66)/b8-6+,11-7+,42-16+. The molecule has 6 aromatic rings. The monoisotopic (exact) mass is 1100 g/mol. The zero-order chi connectivity index (χ0) is 53.5. The predicted molar refractivity (Wildman–Crippen MR) is 267 cm³/mol. The molecular formula is C46H42N2O18S6. The zero-order valence-electron chi connectivity index (χ0n) is 37.8. The maximum atomic E-state index is 12.9. The summed E-state index contributed by atoms with van der Waals surface area (Å²) in [6, 6.07) is 18.1. The molecule has 0 spiro atoms. The van der Waals surface area contributed by atoms with Gasteiger partial charge in [-0.1, -0.05) is 82.8 Å². The lowest BCUT2D eigenvalue weighted by molar-refractivity contribution is 0.480. The fourth-order valence-corrected chi connectivity index (χ4v) is 12.1. The molecule has 0 atom stereocenters. The minimum Gasteiger partial charge on any atom is -0.355 e. The third-order valence-electron chi connectivity index (χ3n) is 12.0. The molecule has 1 aliphatic rings. The lowest BCUT2D eigenvalue weighted by Crippen LogP contribution is -2.23. The Morgan fingerprint density at radius 1 is 0.556 bits per heavy atom. The molecule has 26 heteroatoms. The molecule has 20 nitrogen and oxygen atoms in total. The second-order valence-corrected chi connectivity index (χ2v) is 25.9. The van der Waals surface area contributed by atoms with Gasteiger partial charge in [-0.15, -0.1) is 0 Å². The third-order valence-corrected chi connectivity index (χ3v) is 17.2. The second-order valence-electron chi connectivity index (χ2n) is 17.4. The van der Waals surface area contributed by atoms with Crippen molar-refractivity contribution in [1.29, 1.82) is 0 Å². The number of hydrogen-bond donors (Lipinski definition) is 7. The van der Waals surface area contributed by atoms with Crippen molar-refractivity contribution in [1.82, 2.24) is 0 Å². The molecule has 0 radical (unpaired) electrons. The van der Waals surface area contributed by atoms with Crippen LogP contribution in [0.3, 0.4) is 0 Å². The van der Waals surface area contributed by atoms with Gasteiger partial charge in [0.2, 0.25) is 0 Å². The molecule has 7 rings (SSSR count). The fraction of sp³-hybridized carbons (Fsp3) is 0.130. The van der Waals surface area contributed by atoms with Gasteiger partial charge < -0.3 is 10.2 Å². The molecule has 0 aromatic heterocycles. The Labute approximate surface area is 414 Å². The van der Waals surface area contributed by atoms with Gasteiger partial charge in [0.1, 0.15) is 9.79 Å². The summed E-state index contributed by atoms with van der Waals surface area (Å²) in [5, 5.41) is 2.50. The van der Waals surface area contributed by atoms with Crippen molar-refractivity contribution in [2.75, 3.05) is 10.2 Å². The number of rotatable bonds is 14. The Morgan fingerprint density at radius 2 is 1.04 bits per heavy atom. The summed E-state index contributed by atoms with van der Waals surface area (Å²) >= 11 is 0. The van der Waals surface area contributed by atoms with Crippen LogP contribution < -0.4 is 10.2 Å². The molecule has 7 N–H and O–H groups in total. The van der Waals surface area contributed by atoms with Gasteiger partial charge in [0.15, 0.2) is 0 Å². The number of hydrogen-bond acceptors (Lipinski definition) is 14. The Morgan fingerprint density at radius 3 is 1.58 bits per heavy atom. The van der Waals surface area contributed by atoms with E-state index in [-0.39, 0.29) is 49.9 Å². The molecule has 0 fully saturated rings. The highest BCUT2D eigenvalue weighted by Gasteiger charge is 2.44. The molecule has 1 aliphatic heterocycles. The van der Waals surface area contributed by atoms with Gasteiger partial charge in [-0.2, -0.15) is 50.5 Å². The van der Waals surface area contributed by atoms with Gasteiger partial charge in [0.25, 0.3) is 60.7 Å². The maximum absolute atomic E-state index is 12.9. The Balaban J connectivity index is 1.37. The minimum absolute atomic E-state index is 0.0234. The van der Waals surface area contributed by atoms with Crippen molar-refractivity contribution in [3.05, 3.63) is 156 Å². The lowest BCUT2D eigenvalue weighted by atomic mass is 9.75. The SMILES string of the molecule is C=C(/C=C/C=C/C=C1/N(c2cccc(S(=O)(=O)O)c2)c2cc(S(=O)(=O)O)c3cc(S(=O)(=O)O)ccc3c2C1(C)C)C(C)(C)c1c(Nc2cccc(S(=O)(=O)O)c2)cc(S(=O)(=O)O)c2cc(S(=O)(=O)O)ccc12. The summed E-state index contributed by atoms with van der Waals surface area (Å²) in [6.07, 6.45) is 7.76. The Hall–Kier alpha value is -6.14. The van der Waals surface area contributed by atoms with Crippen LogP contribution in [0.4, 0.5) is 22.7 Å². The van der Waals surface area contributed by atoms with Crippen LogP contribution in [0, 0.1) is 0 Å². The van der Waals surface area contributed by atoms with Crippen molar-refractivity contribution < 1.29 is 77.8 Å². The first-order valence-electron chi connectivity index (χ1n) is 20.5. The van der Waals surface area contributed by atoms with Crippen molar-refractivity contribution in [3.63, 3.8) is 0 Å². The summed E-state index contributed by atoms with van der Waals surface area (Å²) in [7, 11) is -29.5. The summed E-state index contributed by atoms with van der Waals surface area (Å²) < 4.78 is 209. The van der Waals surface area contributed by atoms with Crippen LogP contribution in [0.5, 0.6) is 0 Å². The van der Waals surface area contributed by atoms with Crippen LogP contribution in [-0.4, -0.2) is 77.8 Å². The van der Waals surface area contributed by atoms with Crippen LogP contribution in [0.15, 0.2) is 175 Å². The quantitative estimate of drug-likeness (QED) is 0.0399. The van der Waals surface area contributed by atoms with E-state index in [1.807, 2.05) is 0 Å². The molecule has 0 bridgehead atoms. The number of benzene rings is 6. The molecule has 0 saturated heterocycles. The fourth-order valence-electron chi connectivity index (χ4n) is 8.60. The lowest BCUT2D eigenvalue weighted by Gasteiger charge is -2.31. The van der Waals surface area contributed by atoms with Crippen LogP contribution >= 0.6 is 0 Å². The van der Waals surface area contributed by atoms with Crippen molar-refractivity contribution in [3.8, 4) is 0 Å². The van der Waals surface area contributed by atoms with E-state index in [4.69, 9.17) is 0 Å². The highest BCUT2D eigenvalue weighted by atomic mass is 32.2. The highest BCUT2D eigenvalue weighted by Crippen LogP contribution is 2.55. The first-order valence-corrected chi connectivity index (χ1v) is 29.2. The van der Waals surface area contributed by atoms with Crippen LogP contribution in [0.2, 0.25) is 0 Å². The number of fused-ring (bicyclic) bond motifs is 4. The van der Waals surface area contributed by atoms with Crippen LogP contribution in [0.1, 0.15) is 38.8 Å². The topological polar surface area (TPSA) is 341 Å². The molecule has 1 heterocycles. The summed E-state index contributed by atoms with van der Waals surface area (Å²) in [6.45, 7) is 11.0. The van der Waals surface area contributed by atoms with Gasteiger partial charge >= 0.3 is 0 Å². The predicted octanol–water partition coefficient (Wildman–Crippen LogP) is 8.18. The highest BCUT2D eigenvalue weighted by molar-refractivity contribution is 7.87. The number of anilines is 4. The Kier molecular flexibility index (Phi) is 13.5. The first kappa shape index (κ1) is 53.7. The van der Waals surface area contributed by atoms with Gasteiger partial charge in [-0.3, -0.25) is 27.3 Å². The smallest absolute Gasteiger partial charge is 0.295 e. The molecule has 0 aliphatic carbocycles. The van der Waals surface area contributed by atoms with Gasteiger partial charge in [-0.25, -0.2) is 0 Å². The van der Waals surface area contributed by atoms with E-state index in [1.54, 1.807) is 45.9 Å². The van der Waals surface area contributed by atoms with Gasteiger partial charge in [-0.05, 0) is 106 Å². The molecule has 380 valence electrons. The molecule has 0 amide bonds. The maximum Gasteiger partial charge on any atom is 0.295 e. The van der Waals surface area contributed by atoms with E-state index in [9.17, 15) is 77.8 Å². The van der Waals surface area contributed by atoms with Gasteiger partial charge in [0.05, 0.1) is 25.3 Å². The molecule has 6 aromatic carbocycles. The van der Waals surface area contributed by atoms with E-state index in [0.717, 1.165) is 60.7 Å². The van der Waals surface area contributed by atoms with E-state index in [1.165, 1.54) is 53.5 Å². The minimum atomic E-state index is -5.14. The van der Waals surface area contributed by atoms with Gasteiger partial charge in [0, 0.05) is 44.4 Å². The summed E-state index contributed by atoms with van der Waals surface area (Å²) in [5.41, 5.74) is -1.02. The van der Waals surface area contributed by atoms with E-state index in [0.29, 0.717) is 16.8 Å². The largest absolute Gasteiger partial charge is 0.355 e. The zero-order valence-corrected chi connectivity index (χ0v) is 42.7. The summed E-state index contributed by atoms with van der Waals surface area (Å²) in [4.78, 5) is -2.51. The third kappa shape index (κ3) is 10.4. The number of allylic oxidation sites excluding steroid dienone is 7. The molecule has 0 saturated carbocycles. The molecule has 0 unspecified atom stereocenters. The van der Waals surface area contributed by atoms with E-state index < -0.39 is 101 Å². The molecular weight excluding hydrogens is 1060 g/mol. The average Bonchev–Trinajstić information content (AvgIpc) is 3.48. The van der Waals surface area contributed by atoms with Crippen molar-refractivity contribution in [2.24, 2.45) is 0 Å².